The van der Waals surface area contributed by atoms with Gasteiger partial charge in [0, 0.05) is 19.6 Å². The van der Waals surface area contributed by atoms with Crippen LogP contribution in [-0.2, 0) is 14.0 Å². The third-order valence-electron chi connectivity index (χ3n) is 2.03. The molecule has 16 heavy (non-hydrogen) atoms. The lowest BCUT2D eigenvalue weighted by Crippen LogP contribution is -2.41. The van der Waals surface area contributed by atoms with Gasteiger partial charge in [-0.2, -0.15) is 0 Å². The molecule has 0 amide bonds. The maximum atomic E-state index is 5.46. The Morgan fingerprint density at radius 3 is 1.19 bits per heavy atom. The Hall–Kier alpha value is -0.175. The largest absolute Gasteiger partial charge is 0.640 e. The first kappa shape index (κ1) is 15.8. The summed E-state index contributed by atoms with van der Waals surface area (Å²) in [6.07, 6.45) is -0.417. The highest BCUT2D eigenvalue weighted by molar-refractivity contribution is 6.36. The Balaban J connectivity index is 4.15. The molecule has 0 saturated heterocycles. The molecule has 3 unspecified atom stereocenters. The highest BCUT2D eigenvalue weighted by Crippen LogP contribution is 2.04. The second-order valence-electron chi connectivity index (χ2n) is 3.84. The van der Waals surface area contributed by atoms with Crippen LogP contribution in [0.25, 0.3) is 0 Å². The van der Waals surface area contributed by atoms with Crippen LogP contribution < -0.4 is 17.2 Å². The molecule has 96 valence electrons. The smallest absolute Gasteiger partial charge is 0.382 e. The van der Waals surface area contributed by atoms with Gasteiger partial charge in [0.25, 0.3) is 0 Å². The van der Waals surface area contributed by atoms with E-state index in [9.17, 15) is 0 Å². The normalized spacial score (nSPS) is 16.9. The van der Waals surface area contributed by atoms with E-state index in [-0.39, 0.29) is 18.3 Å². The number of hydrogen-bond acceptors (Lipinski definition) is 6. The molecule has 0 aromatic rings. The summed E-state index contributed by atoms with van der Waals surface area (Å²) in [6, 6.07) is 0. The average molecular weight is 233 g/mol. The summed E-state index contributed by atoms with van der Waals surface area (Å²) in [4.78, 5) is 0. The second kappa shape index (κ2) is 8.92. The fourth-order valence-corrected chi connectivity index (χ4v) is 0.832. The molecule has 0 heterocycles. The minimum atomic E-state index is -0.768. The summed E-state index contributed by atoms with van der Waals surface area (Å²) in [5, 5.41) is 0. The van der Waals surface area contributed by atoms with Crippen LogP contribution in [0.4, 0.5) is 0 Å². The lowest BCUT2D eigenvalue weighted by Gasteiger charge is -2.23. The SMILES string of the molecule is CC(CN)OB(OC(C)CN)OC(C)CN. The van der Waals surface area contributed by atoms with Gasteiger partial charge in [0.1, 0.15) is 0 Å². The van der Waals surface area contributed by atoms with E-state index in [0.29, 0.717) is 19.6 Å². The predicted octanol–water partition coefficient (Wildman–Crippen LogP) is -0.937. The summed E-state index contributed by atoms with van der Waals surface area (Å²) in [7, 11) is -0.768. The molecule has 3 atom stereocenters. The predicted molar refractivity (Wildman–Crippen MR) is 64.6 cm³/mol. The van der Waals surface area contributed by atoms with Gasteiger partial charge in [-0.1, -0.05) is 0 Å². The van der Waals surface area contributed by atoms with Gasteiger partial charge in [0.2, 0.25) is 0 Å². The van der Waals surface area contributed by atoms with E-state index in [0.717, 1.165) is 0 Å². The molecule has 0 fully saturated rings. The van der Waals surface area contributed by atoms with Gasteiger partial charge in [-0.15, -0.1) is 0 Å². The third-order valence-corrected chi connectivity index (χ3v) is 2.03. The molecular weight excluding hydrogens is 209 g/mol. The van der Waals surface area contributed by atoms with Crippen molar-refractivity contribution in [1.29, 1.82) is 0 Å². The van der Waals surface area contributed by atoms with E-state index in [1.165, 1.54) is 0 Å². The maximum absolute atomic E-state index is 5.46. The quantitative estimate of drug-likeness (QED) is 0.444. The molecule has 0 aliphatic rings. The molecule has 0 saturated carbocycles. The van der Waals surface area contributed by atoms with Crippen LogP contribution in [0.1, 0.15) is 20.8 Å². The van der Waals surface area contributed by atoms with Gasteiger partial charge in [0.15, 0.2) is 0 Å². The van der Waals surface area contributed by atoms with Crippen LogP contribution in [0.15, 0.2) is 0 Å². The van der Waals surface area contributed by atoms with Crippen LogP contribution in [0.5, 0.6) is 0 Å². The monoisotopic (exact) mass is 233 g/mol. The maximum Gasteiger partial charge on any atom is 0.640 e. The van der Waals surface area contributed by atoms with Crippen LogP contribution in [0.3, 0.4) is 0 Å². The van der Waals surface area contributed by atoms with Gasteiger partial charge in [-0.25, -0.2) is 0 Å². The summed E-state index contributed by atoms with van der Waals surface area (Å²) < 4.78 is 16.4. The van der Waals surface area contributed by atoms with Crippen molar-refractivity contribution < 1.29 is 14.0 Å². The molecule has 6 nitrogen and oxygen atoms in total. The van der Waals surface area contributed by atoms with Crippen LogP contribution in [0, 0.1) is 0 Å². The zero-order valence-electron chi connectivity index (χ0n) is 10.4. The van der Waals surface area contributed by atoms with Crippen molar-refractivity contribution >= 4 is 7.32 Å². The fourth-order valence-electron chi connectivity index (χ4n) is 0.832. The van der Waals surface area contributed by atoms with Crippen molar-refractivity contribution in [3.05, 3.63) is 0 Å². The second-order valence-corrected chi connectivity index (χ2v) is 3.84. The van der Waals surface area contributed by atoms with Gasteiger partial charge >= 0.3 is 7.32 Å². The molecule has 0 aliphatic heterocycles. The van der Waals surface area contributed by atoms with E-state index in [4.69, 9.17) is 31.2 Å². The van der Waals surface area contributed by atoms with Gasteiger partial charge in [-0.05, 0) is 20.8 Å². The fraction of sp³-hybridized carbons (Fsp3) is 1.00. The van der Waals surface area contributed by atoms with Crippen molar-refractivity contribution in [1.82, 2.24) is 0 Å². The Morgan fingerprint density at radius 1 is 0.750 bits per heavy atom. The van der Waals surface area contributed by atoms with E-state index in [1.54, 1.807) is 0 Å². The first-order valence-electron chi connectivity index (χ1n) is 5.60. The summed E-state index contributed by atoms with van der Waals surface area (Å²) in [6.45, 7) is 6.74. The summed E-state index contributed by atoms with van der Waals surface area (Å²) in [5.74, 6) is 0. The number of nitrogens with two attached hydrogens (primary N) is 3. The van der Waals surface area contributed by atoms with Crippen molar-refractivity contribution in [2.45, 2.75) is 39.1 Å². The van der Waals surface area contributed by atoms with Crippen molar-refractivity contribution in [3.8, 4) is 0 Å². The highest BCUT2D eigenvalue weighted by Gasteiger charge is 2.27. The van der Waals surface area contributed by atoms with Crippen molar-refractivity contribution in [3.63, 3.8) is 0 Å². The van der Waals surface area contributed by atoms with E-state index in [2.05, 4.69) is 0 Å². The Bertz CT molecular complexity index is 148. The molecule has 0 radical (unpaired) electrons. The molecule has 0 rings (SSSR count). The molecule has 0 aliphatic carbocycles. The molecular formula is C9H24BN3O3. The minimum absolute atomic E-state index is 0.139. The van der Waals surface area contributed by atoms with Gasteiger partial charge in [0.05, 0.1) is 18.3 Å². The summed E-state index contributed by atoms with van der Waals surface area (Å²) >= 11 is 0. The zero-order chi connectivity index (χ0) is 12.6. The number of hydrogen-bond donors (Lipinski definition) is 3. The zero-order valence-corrected chi connectivity index (χ0v) is 10.4. The Kier molecular flexibility index (Phi) is 8.82. The Morgan fingerprint density at radius 2 is 1.00 bits per heavy atom. The molecule has 6 N–H and O–H groups in total. The first-order valence-corrected chi connectivity index (χ1v) is 5.60. The standard InChI is InChI=1S/C9H24BN3O3/c1-7(4-11)14-10(15-8(2)5-12)16-9(3)6-13/h7-9H,4-6,11-13H2,1-3H3. The van der Waals surface area contributed by atoms with Crippen LogP contribution in [-0.4, -0.2) is 45.3 Å². The highest BCUT2D eigenvalue weighted by atomic mass is 16.7. The topological polar surface area (TPSA) is 106 Å². The first-order chi connectivity index (χ1) is 7.53. The van der Waals surface area contributed by atoms with Crippen LogP contribution >= 0.6 is 0 Å². The third kappa shape index (κ3) is 7.16. The van der Waals surface area contributed by atoms with Crippen molar-refractivity contribution in [2.75, 3.05) is 19.6 Å². The molecule has 0 bridgehead atoms. The molecule has 0 aromatic heterocycles. The summed E-state index contributed by atoms with van der Waals surface area (Å²) in [5.41, 5.74) is 16.4. The lowest BCUT2D eigenvalue weighted by atomic mass is 10.1. The Labute approximate surface area is 97.9 Å². The van der Waals surface area contributed by atoms with Gasteiger partial charge < -0.3 is 31.2 Å². The van der Waals surface area contributed by atoms with Crippen LogP contribution in [0.2, 0.25) is 0 Å². The van der Waals surface area contributed by atoms with Gasteiger partial charge in [-0.3, -0.25) is 0 Å². The molecule has 7 heteroatoms. The average Bonchev–Trinajstić information content (AvgIpc) is 2.28. The minimum Gasteiger partial charge on any atom is -0.382 e. The number of rotatable bonds is 9. The van der Waals surface area contributed by atoms with E-state index < -0.39 is 7.32 Å². The molecule has 0 spiro atoms. The lowest BCUT2D eigenvalue weighted by molar-refractivity contribution is 0.0265. The van der Waals surface area contributed by atoms with Crippen molar-refractivity contribution in [2.24, 2.45) is 17.2 Å². The van der Waals surface area contributed by atoms with E-state index in [1.807, 2.05) is 20.8 Å². The molecule has 0 aromatic carbocycles. The van der Waals surface area contributed by atoms with E-state index >= 15 is 0 Å².